The molecule has 2 heterocycles. The first-order chi connectivity index (χ1) is 12.2. The van der Waals surface area contributed by atoms with Gasteiger partial charge in [0.15, 0.2) is 10.2 Å². The first kappa shape index (κ1) is 19.0. The normalized spacial score (nSPS) is 18.9. The monoisotopic (exact) mass is 395 g/mol. The van der Waals surface area contributed by atoms with Crippen LogP contribution in [0.1, 0.15) is 27.2 Å². The molecule has 1 amide bonds. The van der Waals surface area contributed by atoms with Crippen molar-refractivity contribution >= 4 is 39.5 Å². The molecule has 26 heavy (non-hydrogen) atoms. The minimum absolute atomic E-state index is 0.118. The molecule has 2 atom stereocenters. The van der Waals surface area contributed by atoms with Gasteiger partial charge in [0.1, 0.15) is 5.60 Å². The van der Waals surface area contributed by atoms with Gasteiger partial charge in [0.05, 0.1) is 21.8 Å². The van der Waals surface area contributed by atoms with Crippen LogP contribution < -0.4 is 0 Å². The van der Waals surface area contributed by atoms with Crippen molar-refractivity contribution in [3.63, 3.8) is 0 Å². The molecule has 1 fully saturated rings. The summed E-state index contributed by atoms with van der Waals surface area (Å²) in [5.41, 5.74) is 0.823. The van der Waals surface area contributed by atoms with E-state index in [9.17, 15) is 9.00 Å². The number of nitrogens with zero attached hydrogens (tertiary/aromatic N) is 3. The predicted molar refractivity (Wildman–Crippen MR) is 102 cm³/mol. The summed E-state index contributed by atoms with van der Waals surface area (Å²) >= 11 is 6.18. The number of carbonyl (C=O) groups is 1. The van der Waals surface area contributed by atoms with Crippen LogP contribution in [0.25, 0.3) is 11.0 Å². The summed E-state index contributed by atoms with van der Waals surface area (Å²) in [6.07, 6.45) is 0.457. The van der Waals surface area contributed by atoms with E-state index < -0.39 is 16.4 Å². The Labute approximate surface area is 160 Å². The van der Waals surface area contributed by atoms with Crippen molar-refractivity contribution in [1.29, 1.82) is 0 Å². The third-order valence-corrected chi connectivity index (χ3v) is 5.90. The Morgan fingerprint density at radius 2 is 1.96 bits per heavy atom. The number of hydrogen-bond acceptors (Lipinski definition) is 5. The van der Waals surface area contributed by atoms with Gasteiger partial charge in [-0.1, -0.05) is 23.7 Å². The third-order valence-electron chi connectivity index (χ3n) is 4.04. The van der Waals surface area contributed by atoms with Crippen LogP contribution in [0.2, 0.25) is 5.15 Å². The first-order valence-electron chi connectivity index (χ1n) is 8.51. The molecule has 2 aromatic rings. The van der Waals surface area contributed by atoms with Gasteiger partial charge >= 0.3 is 6.09 Å². The summed E-state index contributed by atoms with van der Waals surface area (Å²) in [5.74, 6) is 0.513. The summed E-state index contributed by atoms with van der Waals surface area (Å²) in [6.45, 7) is 6.66. The van der Waals surface area contributed by atoms with Gasteiger partial charge in [-0.3, -0.25) is 4.21 Å². The van der Waals surface area contributed by atoms with Gasteiger partial charge < -0.3 is 9.64 Å². The molecule has 0 unspecified atom stereocenters. The molecule has 1 aliphatic rings. The van der Waals surface area contributed by atoms with Gasteiger partial charge in [0.2, 0.25) is 0 Å². The third kappa shape index (κ3) is 4.51. The molecule has 0 N–H and O–H groups in total. The number of hydrogen-bond donors (Lipinski definition) is 0. The van der Waals surface area contributed by atoms with Crippen molar-refractivity contribution in [3.8, 4) is 0 Å². The van der Waals surface area contributed by atoms with Crippen molar-refractivity contribution in [1.82, 2.24) is 14.9 Å². The van der Waals surface area contributed by atoms with E-state index in [-0.39, 0.29) is 17.2 Å². The Bertz CT molecular complexity index is 853. The highest BCUT2D eigenvalue weighted by molar-refractivity contribution is 7.85. The van der Waals surface area contributed by atoms with Crippen LogP contribution in [0.4, 0.5) is 4.79 Å². The van der Waals surface area contributed by atoms with Crippen LogP contribution >= 0.6 is 11.6 Å². The Balaban J connectivity index is 1.66. The highest BCUT2D eigenvalue weighted by atomic mass is 35.5. The molecule has 8 heteroatoms. The van der Waals surface area contributed by atoms with Crippen molar-refractivity contribution < 1.29 is 13.7 Å². The summed E-state index contributed by atoms with van der Waals surface area (Å²) in [6, 6.07) is 7.34. The van der Waals surface area contributed by atoms with Crippen molar-refractivity contribution in [3.05, 3.63) is 29.4 Å². The minimum Gasteiger partial charge on any atom is -0.444 e. The van der Waals surface area contributed by atoms with Crippen molar-refractivity contribution in [2.45, 2.75) is 37.8 Å². The lowest BCUT2D eigenvalue weighted by Crippen LogP contribution is -2.35. The van der Waals surface area contributed by atoms with Gasteiger partial charge in [-0.2, -0.15) is 0 Å². The number of carbonyl (C=O) groups excluding carboxylic acids is 1. The van der Waals surface area contributed by atoms with E-state index in [1.54, 1.807) is 4.90 Å². The van der Waals surface area contributed by atoms with Crippen LogP contribution in [0.15, 0.2) is 29.3 Å². The molecular weight excluding hydrogens is 374 g/mol. The highest BCUT2D eigenvalue weighted by Gasteiger charge is 2.31. The van der Waals surface area contributed by atoms with Gasteiger partial charge in [0, 0.05) is 18.8 Å². The molecule has 1 saturated heterocycles. The van der Waals surface area contributed by atoms with Gasteiger partial charge in [0.25, 0.3) is 0 Å². The Morgan fingerprint density at radius 1 is 1.31 bits per heavy atom. The molecule has 0 saturated carbocycles. The van der Waals surface area contributed by atoms with E-state index in [2.05, 4.69) is 9.97 Å². The molecule has 1 aliphatic heterocycles. The number of amides is 1. The van der Waals surface area contributed by atoms with Gasteiger partial charge in [-0.25, -0.2) is 14.8 Å². The number of benzene rings is 1. The van der Waals surface area contributed by atoms with Crippen molar-refractivity contribution in [2.75, 3.05) is 18.8 Å². The van der Waals surface area contributed by atoms with Crippen LogP contribution in [-0.4, -0.2) is 49.6 Å². The van der Waals surface area contributed by atoms with E-state index in [0.29, 0.717) is 34.9 Å². The zero-order valence-electron chi connectivity index (χ0n) is 15.1. The standard InChI is InChI=1S/C18H22ClN3O3S/c1-18(2,3)25-17(23)22-9-8-12(10-22)11-26(24)16-15(19)20-13-6-4-5-7-14(13)21-16/h4-7,12H,8-11H2,1-3H3/t12-,26+/m1/s1. The number of ether oxygens (including phenoxy) is 1. The Hall–Kier alpha value is -1.73. The second kappa shape index (κ2) is 7.48. The lowest BCUT2D eigenvalue weighted by Gasteiger charge is -2.24. The van der Waals surface area contributed by atoms with E-state index in [1.807, 2.05) is 45.0 Å². The Kier molecular flexibility index (Phi) is 5.48. The summed E-state index contributed by atoms with van der Waals surface area (Å²) < 4.78 is 18.2. The first-order valence-corrected chi connectivity index (χ1v) is 10.2. The quantitative estimate of drug-likeness (QED) is 0.793. The number of fused-ring (bicyclic) bond motifs is 1. The molecule has 140 valence electrons. The lowest BCUT2D eigenvalue weighted by atomic mass is 10.2. The molecule has 0 radical (unpaired) electrons. The minimum atomic E-state index is -1.37. The van der Waals surface area contributed by atoms with Crippen LogP contribution in [-0.2, 0) is 15.5 Å². The summed E-state index contributed by atoms with van der Waals surface area (Å²) in [4.78, 5) is 22.5. The van der Waals surface area contributed by atoms with E-state index in [4.69, 9.17) is 16.3 Å². The zero-order chi connectivity index (χ0) is 18.9. The fourth-order valence-electron chi connectivity index (χ4n) is 2.86. The number of halogens is 1. The second-order valence-electron chi connectivity index (χ2n) is 7.40. The molecule has 0 spiro atoms. The SMILES string of the molecule is CC(C)(C)OC(=O)N1CC[C@@H](C[S@](=O)c2nc3ccccc3nc2Cl)C1. The number of aromatic nitrogens is 2. The van der Waals surface area contributed by atoms with Crippen molar-refractivity contribution in [2.24, 2.45) is 5.92 Å². The molecular formula is C18H22ClN3O3S. The topological polar surface area (TPSA) is 72.4 Å². The van der Waals surface area contributed by atoms with Gasteiger partial charge in [-0.15, -0.1) is 0 Å². The fourth-order valence-corrected chi connectivity index (χ4v) is 4.54. The van der Waals surface area contributed by atoms with E-state index >= 15 is 0 Å². The maximum Gasteiger partial charge on any atom is 0.410 e. The van der Waals surface area contributed by atoms with Crippen LogP contribution in [0.3, 0.4) is 0 Å². The smallest absolute Gasteiger partial charge is 0.410 e. The lowest BCUT2D eigenvalue weighted by molar-refractivity contribution is 0.0289. The fraction of sp³-hybridized carbons (Fsp3) is 0.500. The van der Waals surface area contributed by atoms with Crippen LogP contribution in [0, 0.1) is 5.92 Å². The largest absolute Gasteiger partial charge is 0.444 e. The zero-order valence-corrected chi connectivity index (χ0v) is 16.6. The van der Waals surface area contributed by atoms with E-state index in [1.165, 1.54) is 0 Å². The number of rotatable bonds is 3. The van der Waals surface area contributed by atoms with Gasteiger partial charge in [-0.05, 0) is 45.2 Å². The summed E-state index contributed by atoms with van der Waals surface area (Å²) in [5, 5.41) is 0.477. The average molecular weight is 396 g/mol. The highest BCUT2D eigenvalue weighted by Crippen LogP contribution is 2.25. The average Bonchev–Trinajstić information content (AvgIpc) is 3.01. The molecule has 0 bridgehead atoms. The second-order valence-corrected chi connectivity index (χ2v) is 9.17. The molecule has 1 aromatic heterocycles. The molecule has 6 nitrogen and oxygen atoms in total. The number of para-hydroxylation sites is 2. The number of likely N-dealkylation sites (tertiary alicyclic amines) is 1. The maximum atomic E-state index is 12.8. The molecule has 0 aliphatic carbocycles. The predicted octanol–water partition coefficient (Wildman–Crippen LogP) is 3.65. The van der Waals surface area contributed by atoms with Crippen LogP contribution in [0.5, 0.6) is 0 Å². The summed E-state index contributed by atoms with van der Waals surface area (Å²) in [7, 11) is -1.37. The molecule has 1 aromatic carbocycles. The Morgan fingerprint density at radius 3 is 2.62 bits per heavy atom. The van der Waals surface area contributed by atoms with E-state index in [0.717, 1.165) is 6.42 Å². The maximum absolute atomic E-state index is 12.8. The molecule has 3 rings (SSSR count).